The smallest absolute Gasteiger partial charge is 0.109 e. The molecule has 1 nitrogen and oxygen atoms in total. The molecule has 6 aromatic rings. The molecule has 0 heterocycles. The maximum Gasteiger partial charge on any atom is 0.109 e. The van der Waals surface area contributed by atoms with Crippen LogP contribution in [0, 0.1) is 0 Å². The zero-order chi connectivity index (χ0) is 30.7. The first kappa shape index (κ1) is 28.1. The minimum atomic E-state index is -2.39. The molecular weight excluding hydrogens is 563 g/mol. The highest BCUT2D eigenvalue weighted by Gasteiger charge is 2.22. The van der Waals surface area contributed by atoms with E-state index in [0.717, 1.165) is 35.7 Å². The van der Waals surface area contributed by atoms with E-state index >= 15 is 0 Å². The van der Waals surface area contributed by atoms with Crippen LogP contribution in [0.5, 0.6) is 0 Å². The van der Waals surface area contributed by atoms with Crippen molar-refractivity contribution in [2.75, 3.05) is 13.3 Å². The summed E-state index contributed by atoms with van der Waals surface area (Å²) in [5, 5.41) is 6.05. The van der Waals surface area contributed by atoms with Crippen LogP contribution in [-0.2, 0) is 11.0 Å². The van der Waals surface area contributed by atoms with Crippen molar-refractivity contribution in [3.63, 3.8) is 0 Å². The molecule has 0 spiro atoms. The molecule has 0 amide bonds. The minimum absolute atomic E-state index is 0.531. The highest BCUT2D eigenvalue weighted by atomic mass is 31.2. The second kappa shape index (κ2) is 10.9. The Morgan fingerprint density at radius 1 is 0.622 bits per heavy atom. The summed E-state index contributed by atoms with van der Waals surface area (Å²) in [6.45, 7) is 6.03. The topological polar surface area (TPSA) is 17.1 Å². The number of fused-ring (bicyclic) bond motifs is 4. The van der Waals surface area contributed by atoms with Crippen LogP contribution in [-0.4, -0.2) is 13.3 Å². The van der Waals surface area contributed by atoms with Crippen molar-refractivity contribution in [2.45, 2.75) is 32.1 Å². The van der Waals surface area contributed by atoms with Crippen molar-refractivity contribution in [1.82, 2.24) is 0 Å². The Bertz CT molecular complexity index is 2260. The molecule has 1 atom stereocenters. The van der Waals surface area contributed by atoms with Crippen LogP contribution < -0.4 is 5.30 Å². The monoisotopic (exact) mass is 600 g/mol. The van der Waals surface area contributed by atoms with E-state index in [2.05, 4.69) is 122 Å². The molecule has 8 rings (SSSR count). The maximum atomic E-state index is 13.0. The van der Waals surface area contributed by atoms with Crippen molar-refractivity contribution in [1.29, 1.82) is 0 Å². The fourth-order valence-electron chi connectivity index (χ4n) is 7.51. The molecule has 0 radical (unpaired) electrons. The lowest BCUT2D eigenvalue weighted by atomic mass is 9.80. The molecule has 0 fully saturated rings. The van der Waals surface area contributed by atoms with Crippen LogP contribution in [0.2, 0.25) is 0 Å². The van der Waals surface area contributed by atoms with Gasteiger partial charge in [-0.2, -0.15) is 0 Å². The van der Waals surface area contributed by atoms with Crippen molar-refractivity contribution >= 4 is 51.7 Å². The predicted octanol–water partition coefficient (Wildman–Crippen LogP) is 11.6. The van der Waals surface area contributed by atoms with Gasteiger partial charge in [0.25, 0.3) is 0 Å². The number of hydrogen-bond donors (Lipinski definition) is 0. The molecule has 2 aliphatic carbocycles. The van der Waals surface area contributed by atoms with Crippen LogP contribution in [0.25, 0.3) is 61.5 Å². The maximum absolute atomic E-state index is 13.0. The molecule has 1 unspecified atom stereocenters. The lowest BCUT2D eigenvalue weighted by Gasteiger charge is -2.24. The summed E-state index contributed by atoms with van der Waals surface area (Å²) in [4.78, 5) is 0. The Morgan fingerprint density at radius 2 is 1.36 bits per heavy atom. The Morgan fingerprint density at radius 3 is 2.20 bits per heavy atom. The first-order valence-electron chi connectivity index (χ1n) is 16.1. The van der Waals surface area contributed by atoms with Crippen molar-refractivity contribution in [3.8, 4) is 22.3 Å². The van der Waals surface area contributed by atoms with Gasteiger partial charge in [0, 0.05) is 5.30 Å². The molecule has 0 N–H and O–H groups in total. The quantitative estimate of drug-likeness (QED) is 0.145. The van der Waals surface area contributed by atoms with Gasteiger partial charge >= 0.3 is 0 Å². The van der Waals surface area contributed by atoms with E-state index in [1.54, 1.807) is 0 Å². The minimum Gasteiger partial charge on any atom is -0.319 e. The van der Waals surface area contributed by atoms with E-state index in [4.69, 9.17) is 0 Å². The van der Waals surface area contributed by atoms with Crippen molar-refractivity contribution < 1.29 is 4.57 Å². The van der Waals surface area contributed by atoms with E-state index in [0.29, 0.717) is 5.92 Å². The van der Waals surface area contributed by atoms with Gasteiger partial charge in [0.1, 0.15) is 7.14 Å². The molecular formula is C43H37OP. The fraction of sp³-hybridized carbons (Fsp3) is 0.163. The van der Waals surface area contributed by atoms with Gasteiger partial charge in [-0.05, 0) is 134 Å². The van der Waals surface area contributed by atoms with Gasteiger partial charge in [-0.1, -0.05) is 116 Å². The van der Waals surface area contributed by atoms with E-state index < -0.39 is 7.14 Å². The molecule has 0 bridgehead atoms. The summed E-state index contributed by atoms with van der Waals surface area (Å²) in [6.07, 6.45) is 10.2. The van der Waals surface area contributed by atoms with E-state index in [1.165, 1.54) is 66.1 Å². The average molecular weight is 601 g/mol. The van der Waals surface area contributed by atoms with Crippen molar-refractivity contribution in [2.24, 2.45) is 0 Å². The van der Waals surface area contributed by atoms with Gasteiger partial charge in [-0.3, -0.25) is 0 Å². The number of benzene rings is 6. The third-order valence-electron chi connectivity index (χ3n) is 9.89. The lowest BCUT2D eigenvalue weighted by molar-refractivity contribution is 0.588. The van der Waals surface area contributed by atoms with Crippen LogP contribution in [0.3, 0.4) is 0 Å². The average Bonchev–Trinajstić information content (AvgIpc) is 3.06. The molecule has 0 aromatic heterocycles. The van der Waals surface area contributed by atoms with E-state index in [-0.39, 0.29) is 0 Å². The molecule has 0 aliphatic heterocycles. The molecule has 220 valence electrons. The van der Waals surface area contributed by atoms with Gasteiger partial charge < -0.3 is 4.57 Å². The van der Waals surface area contributed by atoms with Crippen molar-refractivity contribution in [3.05, 3.63) is 143 Å². The van der Waals surface area contributed by atoms with Gasteiger partial charge in [-0.25, -0.2) is 0 Å². The number of allylic oxidation sites excluding steroid dienone is 2. The normalized spacial score (nSPS) is 16.0. The third kappa shape index (κ3) is 4.91. The van der Waals surface area contributed by atoms with Crippen LogP contribution in [0.1, 0.15) is 53.5 Å². The third-order valence-corrected chi connectivity index (χ3v) is 11.4. The van der Waals surface area contributed by atoms with Gasteiger partial charge in [-0.15, -0.1) is 0 Å². The summed E-state index contributed by atoms with van der Waals surface area (Å²) in [6, 6.07) is 40.2. The van der Waals surface area contributed by atoms with Crippen LogP contribution >= 0.6 is 7.14 Å². The number of rotatable bonds is 4. The Kier molecular flexibility index (Phi) is 6.77. The van der Waals surface area contributed by atoms with Crippen LogP contribution in [0.15, 0.2) is 115 Å². The molecule has 2 heteroatoms. The summed E-state index contributed by atoms with van der Waals surface area (Å²) < 4.78 is 13.0. The molecule has 0 saturated heterocycles. The Hall–Kier alpha value is -4.45. The Balaban J connectivity index is 1.45. The van der Waals surface area contributed by atoms with Gasteiger partial charge in [0.05, 0.1) is 0 Å². The first-order valence-corrected chi connectivity index (χ1v) is 18.7. The number of aryl methyl sites for hydroxylation is 1. The summed E-state index contributed by atoms with van der Waals surface area (Å²) in [7, 11) is -2.39. The molecule has 45 heavy (non-hydrogen) atoms. The molecule has 6 aromatic carbocycles. The Labute approximate surface area is 266 Å². The molecule has 0 saturated carbocycles. The molecule has 2 aliphatic rings. The van der Waals surface area contributed by atoms with Crippen LogP contribution in [0.4, 0.5) is 0 Å². The summed E-state index contributed by atoms with van der Waals surface area (Å²) in [5.41, 5.74) is 13.0. The van der Waals surface area contributed by atoms with Gasteiger partial charge in [0.2, 0.25) is 0 Å². The second-order valence-corrected chi connectivity index (χ2v) is 16.4. The highest BCUT2D eigenvalue weighted by molar-refractivity contribution is 7.70. The predicted molar refractivity (Wildman–Crippen MR) is 196 cm³/mol. The second-order valence-electron chi connectivity index (χ2n) is 13.2. The van der Waals surface area contributed by atoms with Gasteiger partial charge in [0.15, 0.2) is 0 Å². The highest BCUT2D eigenvalue weighted by Crippen LogP contribution is 2.46. The largest absolute Gasteiger partial charge is 0.319 e. The SMILES string of the molecule is CC1CC=Cc2cc(-c3c4ccccc4c(C4=Cc5ccccc5CC4)c4ccc(-c5cccc(P(C)(C)=O)c5)cc34)ccc21. The van der Waals surface area contributed by atoms with E-state index in [9.17, 15) is 4.57 Å². The summed E-state index contributed by atoms with van der Waals surface area (Å²) >= 11 is 0. The first-order chi connectivity index (χ1) is 21.8. The van der Waals surface area contributed by atoms with E-state index in [1.807, 2.05) is 25.5 Å². The summed E-state index contributed by atoms with van der Waals surface area (Å²) in [5.74, 6) is 0.531. The fourth-order valence-corrected chi connectivity index (χ4v) is 8.41. The lowest BCUT2D eigenvalue weighted by Crippen LogP contribution is -2.03. The zero-order valence-electron chi connectivity index (χ0n) is 26.2. The standard InChI is InChI=1S/C43H37OP/c1-28-10-8-14-33-25-35(21-22-37(28)33)43-39-17-7-6-16-38(39)42(34-19-18-29-11-4-5-12-30(29)24-34)40-23-20-32(27-41(40)43)31-13-9-15-36(26-31)45(2,3)44/h4-9,11-17,20-28H,10,18-19H2,1-3H3. The number of hydrogen-bond acceptors (Lipinski definition) is 1. The zero-order valence-corrected chi connectivity index (χ0v) is 27.1.